The Labute approximate surface area is 201 Å². The summed E-state index contributed by atoms with van der Waals surface area (Å²) in [5, 5.41) is 20.7. The normalized spacial score (nSPS) is 53.3. The summed E-state index contributed by atoms with van der Waals surface area (Å²) in [5.41, 5.74) is 0.364. The standard InChI is InChI=1S/C29H48O4/c1-16(2)18-12-25(33-26(32)13-18)17(3)23-15-24(31)27-21-7-6-19-14-20(30)8-10-28(19,4)22(21)9-11-29(23,27)5/h16-23,25-27,30,32H,6-15H2,1-5H3/t17?,18?,19?,20-,21?,22?,23?,25?,26?,27-,28-,29+/m0/s1. The largest absolute Gasteiger partial charge is 0.393 e. The number of Topliss-reactive ketones (excluding diaryl/α,β-unsaturated/α-hetero) is 1. The number of aliphatic hydroxyl groups excluding tert-OH is 2. The Morgan fingerprint density at radius 3 is 2.39 bits per heavy atom. The molecule has 5 rings (SSSR count). The van der Waals surface area contributed by atoms with Crippen molar-refractivity contribution in [3.63, 3.8) is 0 Å². The van der Waals surface area contributed by atoms with Gasteiger partial charge in [-0.15, -0.1) is 0 Å². The van der Waals surface area contributed by atoms with Crippen LogP contribution < -0.4 is 0 Å². The first-order valence-electron chi connectivity index (χ1n) is 14.1. The second kappa shape index (κ2) is 8.59. The average molecular weight is 461 g/mol. The molecule has 33 heavy (non-hydrogen) atoms. The van der Waals surface area contributed by atoms with Gasteiger partial charge in [0.05, 0.1) is 12.2 Å². The van der Waals surface area contributed by atoms with Gasteiger partial charge < -0.3 is 14.9 Å². The first kappa shape index (κ1) is 24.3. The lowest BCUT2D eigenvalue weighted by atomic mass is 9.44. The van der Waals surface area contributed by atoms with Crippen LogP contribution >= 0.6 is 0 Å². The minimum atomic E-state index is -0.660. The third kappa shape index (κ3) is 3.85. The third-order valence-electron chi connectivity index (χ3n) is 12.0. The Balaban J connectivity index is 1.37. The number of ether oxygens (including phenoxy) is 1. The van der Waals surface area contributed by atoms with Crippen molar-refractivity contribution in [2.75, 3.05) is 0 Å². The first-order valence-corrected chi connectivity index (χ1v) is 14.1. The van der Waals surface area contributed by atoms with E-state index in [0.717, 1.165) is 38.5 Å². The van der Waals surface area contributed by atoms with E-state index < -0.39 is 6.29 Å². The molecule has 0 spiro atoms. The maximum absolute atomic E-state index is 13.7. The fraction of sp³-hybridized carbons (Fsp3) is 0.966. The molecule has 0 amide bonds. The monoisotopic (exact) mass is 460 g/mol. The summed E-state index contributed by atoms with van der Waals surface area (Å²) in [7, 11) is 0. The Morgan fingerprint density at radius 1 is 0.939 bits per heavy atom. The molecule has 12 atom stereocenters. The molecule has 5 fully saturated rings. The van der Waals surface area contributed by atoms with Gasteiger partial charge in [0.25, 0.3) is 0 Å². The van der Waals surface area contributed by atoms with Gasteiger partial charge in [0.1, 0.15) is 5.78 Å². The highest BCUT2D eigenvalue weighted by atomic mass is 16.6. The molecule has 1 aliphatic heterocycles. The van der Waals surface area contributed by atoms with Gasteiger partial charge in [0.2, 0.25) is 0 Å². The van der Waals surface area contributed by atoms with Crippen molar-refractivity contribution in [1.29, 1.82) is 0 Å². The maximum Gasteiger partial charge on any atom is 0.155 e. The van der Waals surface area contributed by atoms with E-state index in [1.54, 1.807) is 0 Å². The van der Waals surface area contributed by atoms with Crippen LogP contribution in [0.4, 0.5) is 0 Å². The third-order valence-corrected chi connectivity index (χ3v) is 12.0. The molecule has 4 heteroatoms. The van der Waals surface area contributed by atoms with Gasteiger partial charge >= 0.3 is 0 Å². The van der Waals surface area contributed by atoms with E-state index in [0.29, 0.717) is 59.0 Å². The summed E-state index contributed by atoms with van der Waals surface area (Å²) >= 11 is 0. The van der Waals surface area contributed by atoms with Crippen LogP contribution in [0.3, 0.4) is 0 Å². The van der Waals surface area contributed by atoms with Crippen LogP contribution in [0.5, 0.6) is 0 Å². The minimum Gasteiger partial charge on any atom is -0.393 e. The van der Waals surface area contributed by atoms with Crippen LogP contribution in [0.25, 0.3) is 0 Å². The van der Waals surface area contributed by atoms with Crippen LogP contribution in [0, 0.1) is 58.2 Å². The molecular formula is C29H48O4. The molecule has 0 aromatic rings. The number of fused-ring (bicyclic) bond motifs is 5. The fourth-order valence-corrected chi connectivity index (χ4v) is 9.97. The Morgan fingerprint density at radius 2 is 1.67 bits per heavy atom. The average Bonchev–Trinajstić information content (AvgIpc) is 3.04. The van der Waals surface area contributed by atoms with Gasteiger partial charge in [-0.25, -0.2) is 0 Å². The number of ketones is 1. The number of carbonyl (C=O) groups is 1. The Bertz CT molecular complexity index is 750. The molecule has 0 radical (unpaired) electrons. The molecule has 8 unspecified atom stereocenters. The van der Waals surface area contributed by atoms with Gasteiger partial charge in [-0.05, 0) is 104 Å². The zero-order chi connectivity index (χ0) is 23.7. The quantitative estimate of drug-likeness (QED) is 0.576. The summed E-state index contributed by atoms with van der Waals surface area (Å²) in [6.45, 7) is 11.7. The number of hydrogen-bond acceptors (Lipinski definition) is 4. The molecule has 4 aliphatic carbocycles. The molecule has 0 aromatic heterocycles. The Hall–Kier alpha value is -0.450. The summed E-state index contributed by atoms with van der Waals surface area (Å²) < 4.78 is 6.12. The molecule has 4 saturated carbocycles. The van der Waals surface area contributed by atoms with E-state index in [1.807, 2.05) is 0 Å². The van der Waals surface area contributed by atoms with Crippen LogP contribution in [-0.2, 0) is 9.53 Å². The van der Waals surface area contributed by atoms with E-state index in [1.165, 1.54) is 19.3 Å². The predicted octanol–water partition coefficient (Wildman–Crippen LogP) is 5.59. The van der Waals surface area contributed by atoms with Crippen molar-refractivity contribution < 1.29 is 19.7 Å². The van der Waals surface area contributed by atoms with Gasteiger partial charge in [-0.3, -0.25) is 4.79 Å². The molecule has 1 saturated heterocycles. The van der Waals surface area contributed by atoms with Gasteiger partial charge in [0, 0.05) is 18.8 Å². The van der Waals surface area contributed by atoms with Crippen LogP contribution in [0.15, 0.2) is 0 Å². The van der Waals surface area contributed by atoms with Crippen molar-refractivity contribution in [3.8, 4) is 0 Å². The summed E-state index contributed by atoms with van der Waals surface area (Å²) in [5.74, 6) is 4.20. The number of aliphatic hydroxyl groups is 2. The second-order valence-electron chi connectivity index (χ2n) is 13.7. The second-order valence-corrected chi connectivity index (χ2v) is 13.7. The van der Waals surface area contributed by atoms with E-state index in [2.05, 4.69) is 34.6 Å². The number of rotatable bonds is 3. The SMILES string of the molecule is CC(C)C1CC(O)OC(C(C)C2CC(=O)[C@@H]3C4CCC5C[C@@H](O)CC[C@]5(C)C4CC[C@]23C)C1. The minimum absolute atomic E-state index is 0.0559. The topological polar surface area (TPSA) is 66.8 Å². The van der Waals surface area contributed by atoms with E-state index in [4.69, 9.17) is 4.74 Å². The lowest BCUT2D eigenvalue weighted by Gasteiger charge is -2.60. The van der Waals surface area contributed by atoms with Crippen molar-refractivity contribution >= 4 is 5.78 Å². The molecule has 1 heterocycles. The number of carbonyl (C=O) groups excluding carboxylic acids is 1. The summed E-state index contributed by atoms with van der Waals surface area (Å²) in [4.78, 5) is 13.7. The predicted molar refractivity (Wildman–Crippen MR) is 129 cm³/mol. The lowest BCUT2D eigenvalue weighted by molar-refractivity contribution is -0.205. The molecule has 0 bridgehead atoms. The van der Waals surface area contributed by atoms with E-state index >= 15 is 0 Å². The highest BCUT2D eigenvalue weighted by Gasteiger charge is 2.64. The van der Waals surface area contributed by atoms with Crippen molar-refractivity contribution in [3.05, 3.63) is 0 Å². The van der Waals surface area contributed by atoms with Crippen molar-refractivity contribution in [2.45, 2.75) is 117 Å². The van der Waals surface area contributed by atoms with Crippen LogP contribution in [-0.4, -0.2) is 34.5 Å². The summed E-state index contributed by atoms with van der Waals surface area (Å²) in [6, 6.07) is 0. The molecule has 4 nitrogen and oxygen atoms in total. The Kier molecular flexibility index (Phi) is 6.31. The van der Waals surface area contributed by atoms with E-state index in [9.17, 15) is 15.0 Å². The van der Waals surface area contributed by atoms with Crippen molar-refractivity contribution in [2.24, 2.45) is 58.2 Å². The fourth-order valence-electron chi connectivity index (χ4n) is 9.97. The highest BCUT2D eigenvalue weighted by molar-refractivity contribution is 5.85. The zero-order valence-corrected chi connectivity index (χ0v) is 21.6. The lowest BCUT2D eigenvalue weighted by Crippen LogP contribution is -2.55. The number of hydrogen-bond donors (Lipinski definition) is 2. The molecular weight excluding hydrogens is 412 g/mol. The van der Waals surface area contributed by atoms with Crippen LogP contribution in [0.2, 0.25) is 0 Å². The van der Waals surface area contributed by atoms with Crippen molar-refractivity contribution in [1.82, 2.24) is 0 Å². The summed E-state index contributed by atoms with van der Waals surface area (Å²) in [6.07, 6.45) is 9.49. The molecule has 2 N–H and O–H groups in total. The maximum atomic E-state index is 13.7. The molecule has 188 valence electrons. The highest BCUT2D eigenvalue weighted by Crippen LogP contribution is 2.67. The van der Waals surface area contributed by atoms with Gasteiger partial charge in [0.15, 0.2) is 6.29 Å². The van der Waals surface area contributed by atoms with Gasteiger partial charge in [-0.1, -0.05) is 34.6 Å². The molecule has 0 aromatic carbocycles. The smallest absolute Gasteiger partial charge is 0.155 e. The van der Waals surface area contributed by atoms with Crippen LogP contribution in [0.1, 0.15) is 98.8 Å². The van der Waals surface area contributed by atoms with E-state index in [-0.39, 0.29) is 23.5 Å². The molecule has 5 aliphatic rings. The van der Waals surface area contributed by atoms with Gasteiger partial charge in [-0.2, -0.15) is 0 Å². The zero-order valence-electron chi connectivity index (χ0n) is 21.6. The first-order chi connectivity index (χ1) is 15.5.